The van der Waals surface area contributed by atoms with Crippen LogP contribution in [0.25, 0.3) is 0 Å². The van der Waals surface area contributed by atoms with Crippen LogP contribution in [0.4, 0.5) is 5.69 Å². The van der Waals surface area contributed by atoms with Crippen molar-refractivity contribution in [1.29, 1.82) is 5.26 Å². The number of rotatable bonds is 1. The van der Waals surface area contributed by atoms with E-state index in [4.69, 9.17) is 27.3 Å². The van der Waals surface area contributed by atoms with E-state index in [1.807, 2.05) is 28.7 Å². The standard InChI is InChI=1S/C8H6ClIN2O/c1-13-5-2-4(3-11)6(9)7(10)8(5)12/h2H,12H2,1H3. The highest BCUT2D eigenvalue weighted by Crippen LogP contribution is 2.34. The highest BCUT2D eigenvalue weighted by molar-refractivity contribution is 14.1. The normalized spacial score (nSPS) is 9.38. The molecule has 0 saturated heterocycles. The summed E-state index contributed by atoms with van der Waals surface area (Å²) in [7, 11) is 1.50. The minimum atomic E-state index is 0.372. The van der Waals surface area contributed by atoms with Crippen molar-refractivity contribution >= 4 is 39.9 Å². The Kier molecular flexibility index (Phi) is 3.22. The lowest BCUT2D eigenvalue weighted by molar-refractivity contribution is 0.416. The maximum Gasteiger partial charge on any atom is 0.144 e. The summed E-state index contributed by atoms with van der Waals surface area (Å²) < 4.78 is 5.63. The van der Waals surface area contributed by atoms with Gasteiger partial charge in [-0.05, 0) is 22.6 Å². The second kappa shape index (κ2) is 4.03. The van der Waals surface area contributed by atoms with Crippen LogP contribution in [0.3, 0.4) is 0 Å². The number of hydrogen-bond acceptors (Lipinski definition) is 3. The lowest BCUT2D eigenvalue weighted by Crippen LogP contribution is -1.97. The summed E-state index contributed by atoms with van der Waals surface area (Å²) in [5.41, 5.74) is 6.53. The zero-order valence-electron chi connectivity index (χ0n) is 6.77. The largest absolute Gasteiger partial charge is 0.495 e. The molecule has 1 aromatic rings. The van der Waals surface area contributed by atoms with Crippen LogP contribution in [0, 0.1) is 14.9 Å². The van der Waals surface area contributed by atoms with E-state index in [0.29, 0.717) is 25.6 Å². The number of anilines is 1. The van der Waals surface area contributed by atoms with Gasteiger partial charge in [-0.15, -0.1) is 0 Å². The number of nitrogen functional groups attached to an aromatic ring is 1. The first-order valence-electron chi connectivity index (χ1n) is 3.33. The van der Waals surface area contributed by atoms with Crippen molar-refractivity contribution in [2.45, 2.75) is 0 Å². The molecule has 0 atom stereocenters. The zero-order valence-corrected chi connectivity index (χ0v) is 9.68. The van der Waals surface area contributed by atoms with Gasteiger partial charge in [0.25, 0.3) is 0 Å². The third-order valence-electron chi connectivity index (χ3n) is 1.55. The third kappa shape index (κ3) is 1.81. The summed E-state index contributed by atoms with van der Waals surface area (Å²) in [6, 6.07) is 3.49. The maximum atomic E-state index is 8.72. The van der Waals surface area contributed by atoms with Crippen LogP contribution >= 0.6 is 34.2 Å². The van der Waals surface area contributed by atoms with E-state index >= 15 is 0 Å². The SMILES string of the molecule is COc1cc(C#N)c(Cl)c(I)c1N. The molecule has 0 aromatic heterocycles. The number of ether oxygens (including phenoxy) is 1. The van der Waals surface area contributed by atoms with Crippen LogP contribution in [0.1, 0.15) is 5.56 Å². The number of nitrogens with zero attached hydrogens (tertiary/aromatic N) is 1. The van der Waals surface area contributed by atoms with Crippen molar-refractivity contribution in [3.63, 3.8) is 0 Å². The van der Waals surface area contributed by atoms with Gasteiger partial charge in [-0.1, -0.05) is 11.6 Å². The monoisotopic (exact) mass is 308 g/mol. The molecule has 0 saturated carbocycles. The number of methoxy groups -OCH3 is 1. The van der Waals surface area contributed by atoms with Crippen molar-refractivity contribution < 1.29 is 4.74 Å². The molecule has 0 aliphatic carbocycles. The van der Waals surface area contributed by atoms with Crippen molar-refractivity contribution in [2.24, 2.45) is 0 Å². The van der Waals surface area contributed by atoms with Gasteiger partial charge in [0.05, 0.1) is 27.0 Å². The molecule has 68 valence electrons. The molecule has 0 aliphatic heterocycles. The van der Waals surface area contributed by atoms with Gasteiger partial charge in [0, 0.05) is 6.07 Å². The van der Waals surface area contributed by atoms with Gasteiger partial charge in [0.15, 0.2) is 0 Å². The fourth-order valence-electron chi connectivity index (χ4n) is 0.867. The number of nitrogens with two attached hydrogens (primary N) is 1. The predicted molar refractivity (Wildman–Crippen MR) is 59.8 cm³/mol. The molecule has 0 spiro atoms. The molecule has 0 aliphatic rings. The Labute approximate surface area is 94.6 Å². The Morgan fingerprint density at radius 3 is 2.77 bits per heavy atom. The van der Waals surface area contributed by atoms with Crippen molar-refractivity contribution in [1.82, 2.24) is 0 Å². The van der Waals surface area contributed by atoms with Crippen LogP contribution in [0.5, 0.6) is 5.75 Å². The molecular formula is C8H6ClIN2O. The van der Waals surface area contributed by atoms with Crippen molar-refractivity contribution in [3.8, 4) is 11.8 Å². The second-order valence-corrected chi connectivity index (χ2v) is 3.74. The number of halogens is 2. The van der Waals surface area contributed by atoms with Crippen LogP contribution in [-0.4, -0.2) is 7.11 Å². The van der Waals surface area contributed by atoms with Gasteiger partial charge < -0.3 is 10.5 Å². The average Bonchev–Trinajstić information content (AvgIpc) is 2.15. The Morgan fingerprint density at radius 2 is 2.31 bits per heavy atom. The lowest BCUT2D eigenvalue weighted by atomic mass is 10.2. The van der Waals surface area contributed by atoms with Crippen molar-refractivity contribution in [3.05, 3.63) is 20.2 Å². The summed E-state index contributed by atoms with van der Waals surface area (Å²) in [5.74, 6) is 0.477. The summed E-state index contributed by atoms with van der Waals surface area (Å²) in [5, 5.41) is 9.10. The Balaban J connectivity index is 3.48. The second-order valence-electron chi connectivity index (χ2n) is 2.28. The summed E-state index contributed by atoms with van der Waals surface area (Å²) in [6.45, 7) is 0. The lowest BCUT2D eigenvalue weighted by Gasteiger charge is -2.08. The molecule has 2 N–H and O–H groups in total. The summed E-state index contributed by atoms with van der Waals surface area (Å²) in [6.07, 6.45) is 0. The summed E-state index contributed by atoms with van der Waals surface area (Å²) in [4.78, 5) is 0. The maximum absolute atomic E-state index is 8.72. The molecular weight excluding hydrogens is 302 g/mol. The quantitative estimate of drug-likeness (QED) is 0.640. The van der Waals surface area contributed by atoms with Crippen LogP contribution in [-0.2, 0) is 0 Å². The molecule has 0 unspecified atom stereocenters. The molecule has 0 bridgehead atoms. The van der Waals surface area contributed by atoms with E-state index in [9.17, 15) is 0 Å². The predicted octanol–water partition coefficient (Wildman–Crippen LogP) is 2.41. The third-order valence-corrected chi connectivity index (χ3v) is 3.38. The smallest absolute Gasteiger partial charge is 0.144 e. The fourth-order valence-corrected chi connectivity index (χ4v) is 1.62. The van der Waals surface area contributed by atoms with Gasteiger partial charge in [-0.25, -0.2) is 0 Å². The molecule has 0 radical (unpaired) electrons. The van der Waals surface area contributed by atoms with E-state index in [0.717, 1.165) is 0 Å². The molecule has 5 heteroatoms. The van der Waals surface area contributed by atoms with Crippen LogP contribution < -0.4 is 10.5 Å². The van der Waals surface area contributed by atoms with E-state index in [1.165, 1.54) is 13.2 Å². The number of benzene rings is 1. The van der Waals surface area contributed by atoms with E-state index in [2.05, 4.69) is 0 Å². The first-order chi connectivity index (χ1) is 6.11. The number of nitriles is 1. The first kappa shape index (κ1) is 10.4. The average molecular weight is 309 g/mol. The molecule has 13 heavy (non-hydrogen) atoms. The first-order valence-corrected chi connectivity index (χ1v) is 4.79. The highest BCUT2D eigenvalue weighted by atomic mass is 127. The molecule has 0 fully saturated rings. The molecule has 0 amide bonds. The van der Waals surface area contributed by atoms with Gasteiger partial charge in [0.1, 0.15) is 11.8 Å². The molecule has 3 nitrogen and oxygen atoms in total. The van der Waals surface area contributed by atoms with Gasteiger partial charge in [-0.2, -0.15) is 5.26 Å². The van der Waals surface area contributed by atoms with Crippen LogP contribution in [0.2, 0.25) is 5.02 Å². The van der Waals surface area contributed by atoms with Crippen LogP contribution in [0.15, 0.2) is 6.07 Å². The number of hydrogen-bond donors (Lipinski definition) is 1. The van der Waals surface area contributed by atoms with Gasteiger partial charge in [0.2, 0.25) is 0 Å². The summed E-state index contributed by atoms with van der Waals surface area (Å²) >= 11 is 7.84. The van der Waals surface area contributed by atoms with E-state index in [1.54, 1.807) is 0 Å². The topological polar surface area (TPSA) is 59.0 Å². The molecule has 0 heterocycles. The Bertz CT molecular complexity index is 387. The fraction of sp³-hybridized carbons (Fsp3) is 0.125. The van der Waals surface area contributed by atoms with Crippen molar-refractivity contribution in [2.75, 3.05) is 12.8 Å². The van der Waals surface area contributed by atoms with Gasteiger partial charge >= 0.3 is 0 Å². The Hall–Kier alpha value is -0.670. The van der Waals surface area contributed by atoms with E-state index < -0.39 is 0 Å². The zero-order chi connectivity index (χ0) is 10.0. The minimum absolute atomic E-state index is 0.372. The minimum Gasteiger partial charge on any atom is -0.495 e. The molecule has 1 aromatic carbocycles. The van der Waals surface area contributed by atoms with Gasteiger partial charge in [-0.3, -0.25) is 0 Å². The highest BCUT2D eigenvalue weighted by Gasteiger charge is 2.12. The Morgan fingerprint density at radius 1 is 1.69 bits per heavy atom. The van der Waals surface area contributed by atoms with E-state index in [-0.39, 0.29) is 0 Å². The molecule has 1 rings (SSSR count).